The number of aromatic hydroxyl groups is 3. The lowest BCUT2D eigenvalue weighted by molar-refractivity contribution is -0.114. The molecule has 0 bridgehead atoms. The molecule has 0 unspecified atom stereocenters. The lowest BCUT2D eigenvalue weighted by Gasteiger charge is -2.10. The Bertz CT molecular complexity index is 5620. The van der Waals surface area contributed by atoms with E-state index in [1.165, 1.54) is 69.2 Å². The van der Waals surface area contributed by atoms with E-state index in [0.717, 1.165) is 55.3 Å². The van der Waals surface area contributed by atoms with Crippen LogP contribution in [-0.4, -0.2) is 132 Å². The first kappa shape index (κ1) is 82.9. The summed E-state index contributed by atoms with van der Waals surface area (Å²) in [5, 5.41) is 90.3. The molecule has 3 aromatic heterocycles. The summed E-state index contributed by atoms with van der Waals surface area (Å²) < 4.78 is 9.84. The molecule has 0 atom stereocenters. The molecule has 0 spiro atoms. The lowest BCUT2D eigenvalue weighted by atomic mass is 9.93. The molecule has 12 aromatic rings. The van der Waals surface area contributed by atoms with Crippen molar-refractivity contribution in [3.05, 3.63) is 291 Å². The molecule has 0 saturated carbocycles. The Hall–Kier alpha value is -15.4. The number of hydrogen-bond donors (Lipinski definition) is 8. The number of ketones is 5. The van der Waals surface area contributed by atoms with E-state index < -0.39 is 0 Å². The summed E-state index contributed by atoms with van der Waals surface area (Å²) in [6.45, 7) is 2.06. The number of nitrogen functional groups attached to an aromatic ring is 1. The van der Waals surface area contributed by atoms with Crippen LogP contribution in [0.4, 0.5) is 34.1 Å². The van der Waals surface area contributed by atoms with Gasteiger partial charge in [-0.3, -0.25) is 38.9 Å². The van der Waals surface area contributed by atoms with E-state index in [9.17, 15) is 48.9 Å². The number of aliphatic hydroxyl groups excluding tert-OH is 1. The molecule has 9 aromatic carbocycles. The van der Waals surface area contributed by atoms with Crippen molar-refractivity contribution in [2.45, 2.75) is 6.92 Å². The van der Waals surface area contributed by atoms with Crippen LogP contribution in [0.2, 0.25) is 0 Å². The first-order chi connectivity index (χ1) is 53.7. The SMILES string of the molecule is CN=NC1=C(O)C=NCC1=O.CN=Nc1c(O)ccc2ccccc12.CN=Nc1c[nH][nH]c1=O.CN=Nc1cccc2cccc(O)c12.CN=Nc1ccccc1C.CN=Nc1ccccc1OC.Nc1cccc2c1C(=O)C=CC2=O.O=C1C=CC(=O)c2c(O)cccc21.O=c1occcc1-c1nc2ccccc2[nH]1. The number of nitrogens with zero attached hydrogens (tertiary/aromatic N) is 14. The summed E-state index contributed by atoms with van der Waals surface area (Å²) >= 11 is 0. The molecule has 0 fully saturated rings. The van der Waals surface area contributed by atoms with Gasteiger partial charge in [-0.15, -0.1) is 10.2 Å². The highest BCUT2D eigenvalue weighted by atomic mass is 16.5. The largest absolute Gasteiger partial charge is 0.507 e. The number of nitrogens with two attached hydrogens (primary N) is 1. The van der Waals surface area contributed by atoms with Crippen LogP contribution in [0.5, 0.6) is 23.0 Å². The van der Waals surface area contributed by atoms with Gasteiger partial charge >= 0.3 is 5.63 Å². The Balaban J connectivity index is 0.000000174. The Morgan fingerprint density at radius 1 is 0.486 bits per heavy atom. The molecule has 3 aliphatic rings. The lowest BCUT2D eigenvalue weighted by Crippen LogP contribution is -2.13. The zero-order valence-electron chi connectivity index (χ0n) is 61.0. The van der Waals surface area contributed by atoms with Gasteiger partial charge in [-0.05, 0) is 120 Å². The third-order valence-electron chi connectivity index (χ3n) is 15.1. The summed E-state index contributed by atoms with van der Waals surface area (Å²) in [6, 6.07) is 58.0. The molecular formula is C80H74N18O13. The highest BCUT2D eigenvalue weighted by Gasteiger charge is 2.23. The van der Waals surface area contributed by atoms with E-state index in [4.69, 9.17) is 20.0 Å². The Labute approximate surface area is 633 Å². The number of rotatable bonds is 8. The molecule has 0 radical (unpaired) electrons. The second-order valence-electron chi connectivity index (χ2n) is 22.3. The number of allylic oxidation sites excluding steroid dienone is 5. The molecule has 9 N–H and O–H groups in total. The normalized spacial score (nSPS) is 12.5. The van der Waals surface area contributed by atoms with Gasteiger partial charge in [0, 0.05) is 64.5 Å². The number of dihydropyridines is 1. The number of aromatic amines is 3. The maximum absolute atomic E-state index is 11.5. The number of para-hydroxylation sites is 3. The van der Waals surface area contributed by atoms with Crippen molar-refractivity contribution in [2.75, 3.05) is 61.7 Å². The molecular weight excluding hydrogens is 1420 g/mol. The second-order valence-corrected chi connectivity index (χ2v) is 22.3. The number of H-pyrrole nitrogens is 3. The van der Waals surface area contributed by atoms with Gasteiger partial charge in [-0.2, -0.15) is 51.1 Å². The van der Waals surface area contributed by atoms with Crippen molar-refractivity contribution in [1.29, 1.82) is 0 Å². The smallest absolute Gasteiger partial charge is 0.346 e. The van der Waals surface area contributed by atoms with Crippen molar-refractivity contribution in [3.63, 3.8) is 0 Å². The predicted molar refractivity (Wildman–Crippen MR) is 422 cm³/mol. The number of methoxy groups -OCH3 is 1. The van der Waals surface area contributed by atoms with Gasteiger partial charge < -0.3 is 45.4 Å². The third-order valence-corrected chi connectivity index (χ3v) is 15.1. The first-order valence-corrected chi connectivity index (χ1v) is 33.1. The molecule has 15 rings (SSSR count). The first-order valence-electron chi connectivity index (χ1n) is 33.1. The van der Waals surface area contributed by atoms with Crippen LogP contribution in [0.25, 0.3) is 44.0 Å². The number of anilines is 1. The second kappa shape index (κ2) is 42.5. The average Bonchev–Trinajstić information content (AvgIpc) is 1.63. The maximum atomic E-state index is 11.5. The molecule has 0 saturated heterocycles. The van der Waals surface area contributed by atoms with Crippen molar-refractivity contribution >= 4 is 102 Å². The van der Waals surface area contributed by atoms with Crippen molar-refractivity contribution in [1.82, 2.24) is 20.2 Å². The number of aromatic nitrogens is 4. The molecule has 562 valence electrons. The molecule has 111 heavy (non-hydrogen) atoms. The highest BCUT2D eigenvalue weighted by molar-refractivity contribution is 6.24. The quantitative estimate of drug-likeness (QED) is 0.0517. The van der Waals surface area contributed by atoms with Gasteiger partial charge in [0.1, 0.15) is 52.3 Å². The average molecular weight is 1500 g/mol. The third kappa shape index (κ3) is 23.3. The predicted octanol–water partition coefficient (Wildman–Crippen LogP) is 17.3. The van der Waals surface area contributed by atoms with Crippen molar-refractivity contribution in [2.24, 2.45) is 66.4 Å². The highest BCUT2D eigenvalue weighted by Crippen LogP contribution is 2.36. The number of imidazole rings is 1. The van der Waals surface area contributed by atoms with E-state index in [2.05, 4.69) is 86.5 Å². The van der Waals surface area contributed by atoms with Crippen LogP contribution in [0.3, 0.4) is 0 Å². The van der Waals surface area contributed by atoms with Gasteiger partial charge in [-0.25, -0.2) is 9.78 Å². The van der Waals surface area contributed by atoms with Gasteiger partial charge in [0.15, 0.2) is 40.3 Å². The topological polar surface area (TPSA) is 470 Å². The van der Waals surface area contributed by atoms with Gasteiger partial charge in [-0.1, -0.05) is 121 Å². The van der Waals surface area contributed by atoms with Gasteiger partial charge in [0.05, 0.1) is 64.7 Å². The number of ether oxygens (including phenoxy) is 1. The van der Waals surface area contributed by atoms with E-state index >= 15 is 0 Å². The minimum Gasteiger partial charge on any atom is -0.507 e. The van der Waals surface area contributed by atoms with Crippen LogP contribution in [-0.2, 0) is 4.79 Å². The zero-order chi connectivity index (χ0) is 80.2. The number of Topliss-reactive ketones (excluding diaryl/α,β-unsaturated/α-hetero) is 1. The molecule has 4 heterocycles. The monoisotopic (exact) mass is 1490 g/mol. The van der Waals surface area contributed by atoms with E-state index in [0.29, 0.717) is 45.3 Å². The number of fused-ring (bicyclic) bond motifs is 5. The number of aliphatic imine (C=N–C) groups is 1. The van der Waals surface area contributed by atoms with Crippen molar-refractivity contribution < 1.29 is 53.6 Å². The van der Waals surface area contributed by atoms with E-state index in [1.807, 2.05) is 140 Å². The number of nitrogens with one attached hydrogen (secondary N) is 3. The Kier molecular flexibility index (Phi) is 31.7. The van der Waals surface area contributed by atoms with Crippen LogP contribution >= 0.6 is 0 Å². The summed E-state index contributed by atoms with van der Waals surface area (Å²) in [6.07, 6.45) is 8.91. The fourth-order valence-electron chi connectivity index (χ4n) is 10.1. The summed E-state index contributed by atoms with van der Waals surface area (Å²) in [5.41, 5.74) is 13.0. The zero-order valence-corrected chi connectivity index (χ0v) is 61.0. The number of aliphatic hydroxyl groups is 1. The standard InChI is InChI=1S/C12H8N2O2.2C11H10N2O.C10H7NO2.C10H6O3.C8H10N2O.C8H10N2.C6H7N3O2.C4H6N4O/c15-12-8(4-3-7-16-12)11-13-9-5-1-2-6-10(9)14-11;1-12-13-9-6-2-4-8-5-3-7-10(14)11(8)9;1-12-13-11-9-5-3-2-4-8(9)6-7-10(11)14;11-7-3-1-2-6-8(12)4-5-9(13)10(6)7;11-7-4-5-9(13)10-6(7)2-1-3-8(10)12;1-9-10-7-5-3-4-6-8(7)11-2;1-7-5-3-4-6-8(7)10-9-2;1-7-9-6-4(10)2-8-3-5(6)11;1-5-7-3-2-6-8-4(3)9/h1-7H,(H,13,14);2*2-7,14H,1H3;1-5H,11H2;1-5,12H;3-6H,1-2H3;3-6H,1-2H3;2,10H,3H2,1H3;2H,1H3,(H2,6,8,9). The molecule has 1 aliphatic heterocycles. The van der Waals surface area contributed by atoms with Gasteiger partial charge in [0.2, 0.25) is 5.78 Å². The van der Waals surface area contributed by atoms with E-state index in [1.54, 1.807) is 83.8 Å². The summed E-state index contributed by atoms with van der Waals surface area (Å²) in [7, 11) is 11.1. The van der Waals surface area contributed by atoms with Crippen LogP contribution < -0.4 is 21.7 Å². The fraction of sp³-hybridized carbons (Fsp3) is 0.113. The van der Waals surface area contributed by atoms with Crippen molar-refractivity contribution in [3.8, 4) is 34.4 Å². The molecule has 31 nitrogen and oxygen atoms in total. The molecule has 0 amide bonds. The fourth-order valence-corrected chi connectivity index (χ4v) is 10.1. The Morgan fingerprint density at radius 3 is 1.66 bits per heavy atom. The summed E-state index contributed by atoms with van der Waals surface area (Å²) in [5.74, 6) is 0.0869. The number of benzene rings is 9. The number of azo groups is 6. The maximum Gasteiger partial charge on any atom is 0.346 e. The van der Waals surface area contributed by atoms with Gasteiger partial charge in [0.25, 0.3) is 5.56 Å². The number of aryl methyl sites for hydroxylation is 1. The molecule has 2 aliphatic carbocycles. The Morgan fingerprint density at radius 2 is 1.03 bits per heavy atom. The summed E-state index contributed by atoms with van der Waals surface area (Å²) in [4.78, 5) is 89.1. The number of hydrogen-bond acceptors (Lipinski definition) is 28. The number of phenols is 3. The number of carbonyl (C=O) groups excluding carboxylic acids is 5. The minimum atomic E-state index is -0.387. The number of carbonyl (C=O) groups is 5. The number of phenolic OH excluding ortho intramolecular Hbond substituents is 3. The van der Waals surface area contributed by atoms with E-state index in [-0.39, 0.29) is 86.5 Å². The minimum absolute atomic E-state index is 0.0116. The van der Waals surface area contributed by atoms with Crippen LogP contribution in [0, 0.1) is 6.92 Å². The molecule has 31 heteroatoms. The van der Waals surface area contributed by atoms with Crippen LogP contribution in [0.15, 0.2) is 323 Å². The van der Waals surface area contributed by atoms with Crippen LogP contribution in [0.1, 0.15) is 47.0 Å².